The van der Waals surface area contributed by atoms with E-state index in [1.54, 1.807) is 0 Å². The van der Waals surface area contributed by atoms with E-state index in [-0.39, 0.29) is 5.91 Å². The molecular weight excluding hydrogens is 392 g/mol. The Kier molecular flexibility index (Phi) is 7.30. The first-order valence-corrected chi connectivity index (χ1v) is 11.3. The fourth-order valence-corrected chi connectivity index (χ4v) is 4.04. The number of aryl methyl sites for hydroxylation is 1. The molecule has 1 saturated heterocycles. The summed E-state index contributed by atoms with van der Waals surface area (Å²) in [5.74, 6) is 2.74. The van der Waals surface area contributed by atoms with Crippen molar-refractivity contribution in [3.05, 3.63) is 53.6 Å². The van der Waals surface area contributed by atoms with Crippen molar-refractivity contribution in [3.63, 3.8) is 0 Å². The van der Waals surface area contributed by atoms with E-state index in [1.165, 1.54) is 5.56 Å². The van der Waals surface area contributed by atoms with Crippen LogP contribution in [0.5, 0.6) is 17.2 Å². The van der Waals surface area contributed by atoms with Crippen LogP contribution in [-0.2, 0) is 17.8 Å². The number of carbonyl (C=O) groups is 1. The molecule has 166 valence electrons. The highest BCUT2D eigenvalue weighted by Crippen LogP contribution is 2.30. The van der Waals surface area contributed by atoms with E-state index in [0.29, 0.717) is 26.2 Å². The highest BCUT2D eigenvalue weighted by Gasteiger charge is 2.21. The van der Waals surface area contributed by atoms with Gasteiger partial charge in [-0.2, -0.15) is 0 Å². The lowest BCUT2D eigenvalue weighted by molar-refractivity contribution is -0.133. The Balaban J connectivity index is 1.22. The predicted octanol–water partition coefficient (Wildman–Crippen LogP) is 3.52. The molecule has 0 aliphatic carbocycles. The highest BCUT2D eigenvalue weighted by molar-refractivity contribution is 5.76. The van der Waals surface area contributed by atoms with E-state index < -0.39 is 0 Å². The summed E-state index contributed by atoms with van der Waals surface area (Å²) in [6, 6.07) is 14.3. The first-order chi connectivity index (χ1) is 15.2. The Morgan fingerprint density at radius 1 is 0.935 bits per heavy atom. The summed E-state index contributed by atoms with van der Waals surface area (Å²) in [6.45, 7) is 8.34. The molecule has 2 aromatic carbocycles. The van der Waals surface area contributed by atoms with Gasteiger partial charge in [-0.1, -0.05) is 18.2 Å². The summed E-state index contributed by atoms with van der Waals surface area (Å²) in [5, 5.41) is 0. The molecule has 31 heavy (non-hydrogen) atoms. The molecule has 0 N–H and O–H groups in total. The zero-order valence-electron chi connectivity index (χ0n) is 18.3. The Labute approximate surface area is 184 Å². The SMILES string of the molecule is CCOc1ccc(CN2CCN(C(=O)CCc3ccc4c(c3)OCCCO4)CC2)cc1. The van der Waals surface area contributed by atoms with Crippen LogP contribution < -0.4 is 14.2 Å². The molecule has 0 aromatic heterocycles. The molecule has 1 amide bonds. The van der Waals surface area contributed by atoms with Crippen LogP contribution in [0.4, 0.5) is 0 Å². The van der Waals surface area contributed by atoms with E-state index in [4.69, 9.17) is 14.2 Å². The number of piperazine rings is 1. The normalized spacial score (nSPS) is 16.6. The van der Waals surface area contributed by atoms with Crippen molar-refractivity contribution in [1.82, 2.24) is 9.80 Å². The summed E-state index contributed by atoms with van der Waals surface area (Å²) in [7, 11) is 0. The number of fused-ring (bicyclic) bond motifs is 1. The quantitative estimate of drug-likeness (QED) is 0.681. The molecule has 2 aromatic rings. The maximum Gasteiger partial charge on any atom is 0.222 e. The van der Waals surface area contributed by atoms with E-state index in [1.807, 2.05) is 42.2 Å². The second-order valence-corrected chi connectivity index (χ2v) is 8.07. The zero-order chi connectivity index (χ0) is 21.5. The number of ether oxygens (including phenoxy) is 3. The lowest BCUT2D eigenvalue weighted by Crippen LogP contribution is -2.48. The summed E-state index contributed by atoms with van der Waals surface area (Å²) in [5.41, 5.74) is 2.39. The number of amides is 1. The minimum absolute atomic E-state index is 0.229. The Morgan fingerprint density at radius 3 is 2.39 bits per heavy atom. The van der Waals surface area contributed by atoms with Gasteiger partial charge in [0, 0.05) is 45.6 Å². The van der Waals surface area contributed by atoms with E-state index in [9.17, 15) is 4.79 Å². The van der Waals surface area contributed by atoms with Crippen LogP contribution in [0, 0.1) is 0 Å². The molecule has 2 aliphatic rings. The Hall–Kier alpha value is -2.73. The molecule has 0 radical (unpaired) electrons. The maximum absolute atomic E-state index is 12.7. The van der Waals surface area contributed by atoms with Gasteiger partial charge in [0.1, 0.15) is 5.75 Å². The van der Waals surface area contributed by atoms with Gasteiger partial charge in [0.2, 0.25) is 5.91 Å². The minimum Gasteiger partial charge on any atom is -0.494 e. The molecule has 0 bridgehead atoms. The van der Waals surface area contributed by atoms with Crippen LogP contribution in [0.2, 0.25) is 0 Å². The fourth-order valence-electron chi connectivity index (χ4n) is 4.04. The summed E-state index contributed by atoms with van der Waals surface area (Å²) in [6.07, 6.45) is 2.15. The minimum atomic E-state index is 0.229. The first-order valence-electron chi connectivity index (χ1n) is 11.3. The van der Waals surface area contributed by atoms with Crippen molar-refractivity contribution in [2.24, 2.45) is 0 Å². The number of carbonyl (C=O) groups excluding carboxylic acids is 1. The van der Waals surface area contributed by atoms with Crippen LogP contribution in [0.3, 0.4) is 0 Å². The van der Waals surface area contributed by atoms with Gasteiger partial charge in [-0.05, 0) is 48.7 Å². The molecule has 6 heteroatoms. The van der Waals surface area contributed by atoms with Gasteiger partial charge in [0.15, 0.2) is 11.5 Å². The van der Waals surface area contributed by atoms with Gasteiger partial charge >= 0.3 is 0 Å². The largest absolute Gasteiger partial charge is 0.494 e. The molecular formula is C25H32N2O4. The molecule has 6 nitrogen and oxygen atoms in total. The average molecular weight is 425 g/mol. The van der Waals surface area contributed by atoms with Gasteiger partial charge in [0.05, 0.1) is 19.8 Å². The highest BCUT2D eigenvalue weighted by atomic mass is 16.5. The number of rotatable bonds is 7. The molecule has 0 atom stereocenters. The van der Waals surface area contributed by atoms with Crippen LogP contribution in [-0.4, -0.2) is 61.7 Å². The molecule has 2 heterocycles. The van der Waals surface area contributed by atoms with Crippen molar-refractivity contribution in [2.45, 2.75) is 32.7 Å². The lowest BCUT2D eigenvalue weighted by Gasteiger charge is -2.35. The number of nitrogens with zero attached hydrogens (tertiary/aromatic N) is 2. The van der Waals surface area contributed by atoms with Gasteiger partial charge in [-0.15, -0.1) is 0 Å². The summed E-state index contributed by atoms with van der Waals surface area (Å²) < 4.78 is 16.9. The second kappa shape index (κ2) is 10.5. The Morgan fingerprint density at radius 2 is 1.65 bits per heavy atom. The smallest absolute Gasteiger partial charge is 0.222 e. The lowest BCUT2D eigenvalue weighted by atomic mass is 10.1. The predicted molar refractivity (Wildman–Crippen MR) is 120 cm³/mol. The van der Waals surface area contributed by atoms with E-state index in [2.05, 4.69) is 17.0 Å². The molecule has 0 saturated carbocycles. The first kappa shape index (κ1) is 21.5. The van der Waals surface area contributed by atoms with Gasteiger partial charge in [-0.25, -0.2) is 0 Å². The molecule has 1 fully saturated rings. The fraction of sp³-hybridized carbons (Fsp3) is 0.480. The topological polar surface area (TPSA) is 51.2 Å². The molecule has 0 spiro atoms. The van der Waals surface area contributed by atoms with Crippen molar-refractivity contribution in [3.8, 4) is 17.2 Å². The molecule has 0 unspecified atom stereocenters. The van der Waals surface area contributed by atoms with Gasteiger partial charge in [-0.3, -0.25) is 9.69 Å². The van der Waals surface area contributed by atoms with Gasteiger partial charge < -0.3 is 19.1 Å². The van der Waals surface area contributed by atoms with Crippen LogP contribution in [0.15, 0.2) is 42.5 Å². The second-order valence-electron chi connectivity index (χ2n) is 8.07. The standard InChI is InChI=1S/C25H32N2O4/c1-2-29-22-8-4-21(5-9-22)19-26-12-14-27(15-13-26)25(28)11-7-20-6-10-23-24(18-20)31-17-3-16-30-23/h4-6,8-10,18H,2-3,7,11-17,19H2,1H3. The summed E-state index contributed by atoms with van der Waals surface area (Å²) >= 11 is 0. The third-order valence-electron chi connectivity index (χ3n) is 5.81. The van der Waals surface area contributed by atoms with Crippen LogP contribution in [0.25, 0.3) is 0 Å². The number of hydrogen-bond acceptors (Lipinski definition) is 5. The monoisotopic (exact) mass is 424 g/mol. The van der Waals surface area contributed by atoms with Crippen molar-refractivity contribution >= 4 is 5.91 Å². The number of benzene rings is 2. The maximum atomic E-state index is 12.7. The van der Waals surface area contributed by atoms with Gasteiger partial charge in [0.25, 0.3) is 0 Å². The zero-order valence-corrected chi connectivity index (χ0v) is 18.3. The van der Waals surface area contributed by atoms with Crippen LogP contribution >= 0.6 is 0 Å². The Bertz CT molecular complexity index is 860. The average Bonchev–Trinajstić information content (AvgIpc) is 3.04. The summed E-state index contributed by atoms with van der Waals surface area (Å²) in [4.78, 5) is 17.1. The number of hydrogen-bond donors (Lipinski definition) is 0. The third kappa shape index (κ3) is 5.91. The van der Waals surface area contributed by atoms with E-state index >= 15 is 0 Å². The van der Waals surface area contributed by atoms with E-state index in [0.717, 1.165) is 68.4 Å². The van der Waals surface area contributed by atoms with Crippen molar-refractivity contribution < 1.29 is 19.0 Å². The molecule has 2 aliphatic heterocycles. The third-order valence-corrected chi connectivity index (χ3v) is 5.81. The van der Waals surface area contributed by atoms with Crippen molar-refractivity contribution in [2.75, 3.05) is 46.0 Å². The van der Waals surface area contributed by atoms with Crippen LogP contribution in [0.1, 0.15) is 30.9 Å². The van der Waals surface area contributed by atoms with Crippen molar-refractivity contribution in [1.29, 1.82) is 0 Å². The molecule has 4 rings (SSSR count).